The topological polar surface area (TPSA) is 37.3 Å². The van der Waals surface area contributed by atoms with Gasteiger partial charge in [0.1, 0.15) is 0 Å². The molecular weight excluding hydrogens is 429 g/mol. The van der Waals surface area contributed by atoms with E-state index < -0.39 is 32.5 Å². The molecule has 0 fully saturated rings. The predicted molar refractivity (Wildman–Crippen MR) is 115 cm³/mol. The van der Waals surface area contributed by atoms with Crippen molar-refractivity contribution in [2.45, 2.75) is 34.5 Å². The number of hydrogen-bond donors (Lipinski definition) is 1. The Morgan fingerprint density at radius 3 is 1.60 bits per heavy atom. The van der Waals surface area contributed by atoms with Gasteiger partial charge in [-0.25, -0.2) is 0 Å². The summed E-state index contributed by atoms with van der Waals surface area (Å²) in [5.41, 5.74) is 2.60. The van der Waals surface area contributed by atoms with Crippen LogP contribution in [0.5, 0.6) is 0 Å². The van der Waals surface area contributed by atoms with E-state index in [1.165, 1.54) is 5.56 Å². The summed E-state index contributed by atoms with van der Waals surface area (Å²) in [5.74, 6) is 13.7. The van der Waals surface area contributed by atoms with E-state index in [9.17, 15) is 4.79 Å². The third-order valence-corrected chi connectivity index (χ3v) is 12.8. The number of carbonyl (C=O) groups is 1. The van der Waals surface area contributed by atoms with E-state index in [2.05, 4.69) is 64.9 Å². The number of carboxylic acid groups (broad SMARTS) is 1. The van der Waals surface area contributed by atoms with Crippen molar-refractivity contribution in [3.05, 3.63) is 59.2 Å². The van der Waals surface area contributed by atoms with Gasteiger partial charge >= 0.3 is 157 Å². The Morgan fingerprint density at radius 2 is 1.20 bits per heavy atom. The van der Waals surface area contributed by atoms with Gasteiger partial charge in [-0.15, -0.1) is 0 Å². The van der Waals surface area contributed by atoms with Crippen molar-refractivity contribution < 1.29 is 9.90 Å². The molecule has 4 heteroatoms. The van der Waals surface area contributed by atoms with Gasteiger partial charge in [0.2, 0.25) is 0 Å². The fourth-order valence-corrected chi connectivity index (χ4v) is 8.16. The van der Waals surface area contributed by atoms with Crippen LogP contribution >= 0.6 is 0 Å². The van der Waals surface area contributed by atoms with Crippen molar-refractivity contribution in [1.82, 2.24) is 0 Å². The van der Waals surface area contributed by atoms with Gasteiger partial charge in [0.15, 0.2) is 0 Å². The van der Waals surface area contributed by atoms with Crippen LogP contribution in [0.25, 0.3) is 12.2 Å². The van der Waals surface area contributed by atoms with E-state index in [0.717, 1.165) is 5.56 Å². The molecule has 2 aromatic carbocycles. The third kappa shape index (κ3) is 5.61. The quantitative estimate of drug-likeness (QED) is 0.524. The molecule has 0 aliphatic heterocycles. The Morgan fingerprint density at radius 1 is 0.760 bits per heavy atom. The van der Waals surface area contributed by atoms with Crippen molar-refractivity contribution >= 4 is 53.4 Å². The summed E-state index contributed by atoms with van der Waals surface area (Å²) in [4.78, 5) is 10.9. The molecule has 0 unspecified atom stereocenters. The van der Waals surface area contributed by atoms with E-state index in [1.807, 2.05) is 12.1 Å². The Bertz CT molecular complexity index is 760. The molecule has 1 N–H and O–H groups in total. The molecule has 132 valence electrons. The van der Waals surface area contributed by atoms with Crippen LogP contribution < -0.4 is 8.79 Å². The van der Waals surface area contributed by atoms with E-state index in [4.69, 9.17) is 5.11 Å². The predicted octanol–water partition coefficient (Wildman–Crippen LogP) is 4.65. The number of benzene rings is 2. The van der Waals surface area contributed by atoms with Crippen LogP contribution in [0.2, 0.25) is 34.5 Å². The molecule has 0 radical (unpaired) electrons. The van der Waals surface area contributed by atoms with Gasteiger partial charge in [-0.2, -0.15) is 0 Å². The summed E-state index contributed by atoms with van der Waals surface area (Å²) in [6.45, 7) is 0. The normalized spacial score (nSPS) is 12.6. The van der Waals surface area contributed by atoms with Gasteiger partial charge in [0.05, 0.1) is 0 Å². The Balaban J connectivity index is 2.39. The maximum absolute atomic E-state index is 10.9. The van der Waals surface area contributed by atoms with Crippen LogP contribution in [-0.2, 0) is 0 Å². The number of carboxylic acids is 1. The molecule has 0 amide bonds. The summed E-state index contributed by atoms with van der Waals surface area (Å²) in [6, 6.07) is 14.2. The minimum atomic E-state index is -1.89. The van der Waals surface area contributed by atoms with E-state index in [-0.39, 0.29) is 0 Å². The van der Waals surface area contributed by atoms with Crippen molar-refractivity contribution in [2.75, 3.05) is 0 Å². The van der Waals surface area contributed by atoms with Gasteiger partial charge in [0, 0.05) is 0 Å². The fourth-order valence-electron chi connectivity index (χ4n) is 2.54. The SMILES string of the molecule is [CH3][Ge]([CH3])([CH3])[c]1cc(C=Cc2ccc(C(=O)O)cc2)c[c]([Ge]([CH3])([CH3])[CH3])c1. The van der Waals surface area contributed by atoms with Crippen molar-refractivity contribution in [2.24, 2.45) is 0 Å². The minimum absolute atomic E-state index is 0.322. The molecular formula is C21H28Ge2O2. The van der Waals surface area contributed by atoms with E-state index >= 15 is 0 Å². The molecule has 0 aliphatic rings. The number of aromatic carboxylic acids is 1. The molecule has 0 spiro atoms. The van der Waals surface area contributed by atoms with Crippen LogP contribution in [0.4, 0.5) is 0 Å². The summed E-state index contributed by atoms with van der Waals surface area (Å²) in [5, 5.41) is 8.99. The second kappa shape index (κ2) is 7.54. The molecule has 0 saturated carbocycles. The van der Waals surface area contributed by atoms with Gasteiger partial charge in [-0.1, -0.05) is 0 Å². The summed E-state index contributed by atoms with van der Waals surface area (Å²) < 4.78 is 3.11. The van der Waals surface area contributed by atoms with Crippen LogP contribution in [0.1, 0.15) is 21.5 Å². The van der Waals surface area contributed by atoms with Gasteiger partial charge in [-0.05, 0) is 0 Å². The fraction of sp³-hybridized carbons (Fsp3) is 0.286. The van der Waals surface area contributed by atoms with Crippen molar-refractivity contribution in [1.29, 1.82) is 0 Å². The zero-order valence-electron chi connectivity index (χ0n) is 16.1. The molecule has 0 aromatic heterocycles. The molecule has 2 nitrogen and oxygen atoms in total. The molecule has 0 aliphatic carbocycles. The van der Waals surface area contributed by atoms with Gasteiger partial charge in [0.25, 0.3) is 0 Å². The van der Waals surface area contributed by atoms with Gasteiger partial charge < -0.3 is 0 Å². The zero-order valence-corrected chi connectivity index (χ0v) is 20.2. The Labute approximate surface area is 156 Å². The van der Waals surface area contributed by atoms with Crippen LogP contribution in [0, 0.1) is 0 Å². The van der Waals surface area contributed by atoms with E-state index in [1.54, 1.807) is 20.9 Å². The molecule has 2 rings (SSSR count). The average Bonchev–Trinajstić information content (AvgIpc) is 2.51. The molecule has 0 bridgehead atoms. The van der Waals surface area contributed by atoms with Crippen LogP contribution in [-0.4, -0.2) is 37.6 Å². The van der Waals surface area contributed by atoms with Crippen LogP contribution in [0.15, 0.2) is 42.5 Å². The first kappa shape index (κ1) is 20.1. The third-order valence-electron chi connectivity index (χ3n) is 4.31. The summed E-state index contributed by atoms with van der Waals surface area (Å²) in [7, 11) is 0. The van der Waals surface area contributed by atoms with Crippen molar-refractivity contribution in [3.8, 4) is 0 Å². The average molecular weight is 458 g/mol. The maximum atomic E-state index is 10.9. The molecule has 0 heterocycles. The summed E-state index contributed by atoms with van der Waals surface area (Å²) >= 11 is -3.79. The molecule has 2 aromatic rings. The number of rotatable bonds is 5. The Kier molecular flexibility index (Phi) is 6.05. The monoisotopic (exact) mass is 460 g/mol. The summed E-state index contributed by atoms with van der Waals surface area (Å²) in [6.07, 6.45) is 4.23. The first-order chi connectivity index (χ1) is 11.5. The second-order valence-corrected chi connectivity index (χ2v) is 29.9. The number of hydrogen-bond acceptors (Lipinski definition) is 1. The molecule has 0 atom stereocenters. The first-order valence-corrected chi connectivity index (χ1v) is 23.3. The molecule has 25 heavy (non-hydrogen) atoms. The van der Waals surface area contributed by atoms with E-state index in [0.29, 0.717) is 5.56 Å². The first-order valence-electron chi connectivity index (χ1n) is 8.64. The zero-order chi connectivity index (χ0) is 18.8. The van der Waals surface area contributed by atoms with Crippen LogP contribution in [0.3, 0.4) is 0 Å². The second-order valence-electron chi connectivity index (χ2n) is 8.60. The molecule has 0 saturated heterocycles. The standard InChI is InChI=1S/C21H28Ge2O2/c1-22(2,3)19-13-17(14-20(15-19)23(4,5)6)8-7-16-9-11-18(12-10-16)21(24)25/h7-15H,1-6H3,(H,24,25). The Hall–Kier alpha value is -1.26. The van der Waals surface area contributed by atoms with Gasteiger partial charge in [-0.3, -0.25) is 0 Å². The van der Waals surface area contributed by atoms with Crippen molar-refractivity contribution in [3.63, 3.8) is 0 Å².